The summed E-state index contributed by atoms with van der Waals surface area (Å²) in [4.78, 5) is 11.7. The lowest BCUT2D eigenvalue weighted by Gasteiger charge is -2.00. The van der Waals surface area contributed by atoms with Gasteiger partial charge in [-0.05, 0) is 30.3 Å². The van der Waals surface area contributed by atoms with Crippen molar-refractivity contribution in [1.29, 1.82) is 0 Å². The van der Waals surface area contributed by atoms with E-state index in [4.69, 9.17) is 4.42 Å². The zero-order chi connectivity index (χ0) is 12.3. The number of hydrogen-bond donors (Lipinski definition) is 0. The Morgan fingerprint density at radius 2 is 2.00 bits per heavy atom. The van der Waals surface area contributed by atoms with Gasteiger partial charge in [0.1, 0.15) is 5.76 Å². The molecule has 0 N–H and O–H groups in total. The summed E-state index contributed by atoms with van der Waals surface area (Å²) in [6.07, 6.45) is 2.18. The highest BCUT2D eigenvalue weighted by molar-refractivity contribution is 5.96. The smallest absolute Gasteiger partial charge is 0.163 e. The third-order valence-electron chi connectivity index (χ3n) is 2.42. The molecule has 0 radical (unpaired) electrons. The van der Waals surface area contributed by atoms with Gasteiger partial charge in [0.15, 0.2) is 17.4 Å². The van der Waals surface area contributed by atoms with Crippen molar-refractivity contribution >= 4 is 5.78 Å². The monoisotopic (exact) mass is 236 g/mol. The van der Waals surface area contributed by atoms with Crippen LogP contribution in [0.5, 0.6) is 0 Å². The van der Waals surface area contributed by atoms with E-state index in [9.17, 15) is 13.6 Å². The van der Waals surface area contributed by atoms with E-state index in [1.165, 1.54) is 12.3 Å². The van der Waals surface area contributed by atoms with Crippen molar-refractivity contribution in [3.8, 4) is 0 Å². The molecule has 1 heterocycles. The van der Waals surface area contributed by atoms with Crippen LogP contribution < -0.4 is 0 Å². The topological polar surface area (TPSA) is 30.2 Å². The van der Waals surface area contributed by atoms with Crippen molar-refractivity contribution in [1.82, 2.24) is 0 Å². The van der Waals surface area contributed by atoms with Gasteiger partial charge in [-0.25, -0.2) is 8.78 Å². The van der Waals surface area contributed by atoms with E-state index in [1.54, 1.807) is 12.1 Å². The molecule has 0 amide bonds. The molecule has 0 unspecified atom stereocenters. The summed E-state index contributed by atoms with van der Waals surface area (Å²) in [5, 5.41) is 0. The Kier molecular flexibility index (Phi) is 3.32. The highest BCUT2D eigenvalue weighted by Gasteiger charge is 2.10. The van der Waals surface area contributed by atoms with Crippen molar-refractivity contribution in [2.24, 2.45) is 0 Å². The summed E-state index contributed by atoms with van der Waals surface area (Å²) in [5.74, 6) is -1.50. The van der Waals surface area contributed by atoms with E-state index in [1.807, 2.05) is 0 Å². The van der Waals surface area contributed by atoms with Crippen molar-refractivity contribution in [2.75, 3.05) is 0 Å². The van der Waals surface area contributed by atoms with Crippen LogP contribution in [-0.2, 0) is 6.42 Å². The summed E-state index contributed by atoms with van der Waals surface area (Å²) in [6.45, 7) is 0. The van der Waals surface area contributed by atoms with Gasteiger partial charge in [-0.15, -0.1) is 0 Å². The van der Waals surface area contributed by atoms with E-state index in [-0.39, 0.29) is 17.8 Å². The molecule has 2 nitrogen and oxygen atoms in total. The van der Waals surface area contributed by atoms with Crippen molar-refractivity contribution in [2.45, 2.75) is 12.8 Å². The Balaban J connectivity index is 2.02. The quantitative estimate of drug-likeness (QED) is 0.762. The Labute approximate surface area is 96.9 Å². The minimum Gasteiger partial charge on any atom is -0.469 e. The number of benzene rings is 1. The van der Waals surface area contributed by atoms with E-state index in [0.717, 1.165) is 12.1 Å². The molecule has 88 valence electrons. The zero-order valence-corrected chi connectivity index (χ0v) is 8.95. The number of carbonyl (C=O) groups is 1. The molecule has 1 aromatic heterocycles. The molecule has 2 aromatic rings. The third-order valence-corrected chi connectivity index (χ3v) is 2.42. The fraction of sp³-hybridized carbons (Fsp3) is 0.154. The van der Waals surface area contributed by atoms with Crippen LogP contribution in [0.15, 0.2) is 41.0 Å². The lowest BCUT2D eigenvalue weighted by molar-refractivity contribution is 0.0980. The largest absolute Gasteiger partial charge is 0.469 e. The predicted molar refractivity (Wildman–Crippen MR) is 57.7 cm³/mol. The van der Waals surface area contributed by atoms with Crippen LogP contribution in [0, 0.1) is 11.6 Å². The first-order chi connectivity index (χ1) is 8.16. The molecule has 0 saturated heterocycles. The predicted octanol–water partition coefficient (Wildman–Crippen LogP) is 3.37. The molecule has 4 heteroatoms. The fourth-order valence-electron chi connectivity index (χ4n) is 1.51. The number of furan rings is 1. The normalized spacial score (nSPS) is 10.5. The number of hydrogen-bond acceptors (Lipinski definition) is 2. The van der Waals surface area contributed by atoms with Crippen LogP contribution in [0.1, 0.15) is 22.5 Å². The van der Waals surface area contributed by atoms with Crippen molar-refractivity contribution < 1.29 is 18.0 Å². The van der Waals surface area contributed by atoms with Gasteiger partial charge in [0.05, 0.1) is 6.26 Å². The van der Waals surface area contributed by atoms with E-state index < -0.39 is 11.6 Å². The van der Waals surface area contributed by atoms with E-state index >= 15 is 0 Å². The highest BCUT2D eigenvalue weighted by atomic mass is 19.2. The molecule has 2 rings (SSSR count). The minimum absolute atomic E-state index is 0.176. The van der Waals surface area contributed by atoms with Gasteiger partial charge in [-0.2, -0.15) is 0 Å². The fourth-order valence-corrected chi connectivity index (χ4v) is 1.51. The number of Topliss-reactive ketones (excluding diaryl/α,β-unsaturated/α-hetero) is 1. The summed E-state index contributed by atoms with van der Waals surface area (Å²) in [6, 6.07) is 6.65. The second-order valence-corrected chi connectivity index (χ2v) is 3.63. The lowest BCUT2D eigenvalue weighted by atomic mass is 10.1. The van der Waals surface area contributed by atoms with E-state index in [2.05, 4.69) is 0 Å². The van der Waals surface area contributed by atoms with Gasteiger partial charge in [-0.1, -0.05) is 0 Å². The van der Waals surface area contributed by atoms with E-state index in [0.29, 0.717) is 12.2 Å². The minimum atomic E-state index is -1.01. The number of rotatable bonds is 4. The SMILES string of the molecule is O=C(CCc1ccco1)c1ccc(F)c(F)c1. The van der Waals surface area contributed by atoms with Crippen LogP contribution in [0.3, 0.4) is 0 Å². The molecule has 0 aliphatic rings. The average Bonchev–Trinajstić information content (AvgIpc) is 2.82. The first kappa shape index (κ1) is 11.5. The Bertz CT molecular complexity index is 518. The maximum atomic E-state index is 12.9. The maximum Gasteiger partial charge on any atom is 0.163 e. The first-order valence-corrected chi connectivity index (χ1v) is 5.17. The van der Waals surface area contributed by atoms with Crippen LogP contribution in [0.25, 0.3) is 0 Å². The van der Waals surface area contributed by atoms with Gasteiger partial charge in [0.2, 0.25) is 0 Å². The van der Waals surface area contributed by atoms with Crippen LogP contribution in [0.4, 0.5) is 8.78 Å². The summed E-state index contributed by atoms with van der Waals surface area (Å²) < 4.78 is 30.7. The highest BCUT2D eigenvalue weighted by Crippen LogP contribution is 2.12. The molecule has 0 atom stereocenters. The molecular formula is C13H10F2O2. The zero-order valence-electron chi connectivity index (χ0n) is 8.95. The molecule has 0 bridgehead atoms. The van der Waals surface area contributed by atoms with Gasteiger partial charge in [-0.3, -0.25) is 4.79 Å². The molecule has 17 heavy (non-hydrogen) atoms. The third kappa shape index (κ3) is 2.78. The molecule has 0 spiro atoms. The lowest BCUT2D eigenvalue weighted by Crippen LogP contribution is -2.02. The Hall–Kier alpha value is -1.97. The summed E-state index contributed by atoms with van der Waals surface area (Å²) in [7, 11) is 0. The van der Waals surface area contributed by atoms with Crippen LogP contribution in [0.2, 0.25) is 0 Å². The van der Waals surface area contributed by atoms with Gasteiger partial charge >= 0.3 is 0 Å². The molecule has 1 aromatic carbocycles. The molecule has 0 fully saturated rings. The van der Waals surface area contributed by atoms with Crippen molar-refractivity contribution in [3.63, 3.8) is 0 Å². The maximum absolute atomic E-state index is 12.9. The van der Waals surface area contributed by atoms with Crippen LogP contribution in [-0.4, -0.2) is 5.78 Å². The summed E-state index contributed by atoms with van der Waals surface area (Å²) in [5.41, 5.74) is 0.176. The molecule has 0 aliphatic carbocycles. The first-order valence-electron chi connectivity index (χ1n) is 5.17. The summed E-state index contributed by atoms with van der Waals surface area (Å²) >= 11 is 0. The number of aryl methyl sites for hydroxylation is 1. The standard InChI is InChI=1S/C13H10F2O2/c14-11-5-3-9(8-12(11)15)13(16)6-4-10-2-1-7-17-10/h1-3,5,7-8H,4,6H2. The number of ketones is 1. The Morgan fingerprint density at radius 1 is 1.18 bits per heavy atom. The average molecular weight is 236 g/mol. The number of halogens is 2. The molecular weight excluding hydrogens is 226 g/mol. The Morgan fingerprint density at radius 3 is 2.65 bits per heavy atom. The van der Waals surface area contributed by atoms with Gasteiger partial charge < -0.3 is 4.42 Å². The van der Waals surface area contributed by atoms with Crippen LogP contribution >= 0.6 is 0 Å². The molecule has 0 saturated carbocycles. The van der Waals surface area contributed by atoms with Gasteiger partial charge in [0.25, 0.3) is 0 Å². The number of carbonyl (C=O) groups excluding carboxylic acids is 1. The molecule has 0 aliphatic heterocycles. The second kappa shape index (κ2) is 4.91. The second-order valence-electron chi connectivity index (χ2n) is 3.63. The van der Waals surface area contributed by atoms with Gasteiger partial charge in [0, 0.05) is 18.4 Å². The van der Waals surface area contributed by atoms with Crippen molar-refractivity contribution in [3.05, 3.63) is 59.6 Å².